The molecule has 184 valence electrons. The molecule has 0 amide bonds. The van der Waals surface area contributed by atoms with Crippen LogP contribution < -0.4 is 10.4 Å². The van der Waals surface area contributed by atoms with Crippen molar-refractivity contribution < 1.29 is 0 Å². The Bertz CT molecular complexity index is 1260. The van der Waals surface area contributed by atoms with Crippen LogP contribution >= 0.6 is 0 Å². The smallest absolute Gasteiger partial charge is 0.0656 e. The average molecular weight is 505 g/mol. The van der Waals surface area contributed by atoms with Crippen LogP contribution in [0.3, 0.4) is 0 Å². The molecule has 4 bridgehead atoms. The van der Waals surface area contributed by atoms with Crippen LogP contribution in [0.2, 0.25) is 39.3 Å². The van der Waals surface area contributed by atoms with Crippen molar-refractivity contribution in [2.45, 2.75) is 65.0 Å². The van der Waals surface area contributed by atoms with E-state index < -0.39 is 16.1 Å². The van der Waals surface area contributed by atoms with Crippen molar-refractivity contribution >= 4 is 26.5 Å². The van der Waals surface area contributed by atoms with Crippen LogP contribution in [-0.4, -0.2) is 16.1 Å². The summed E-state index contributed by atoms with van der Waals surface area (Å²) in [4.78, 5) is 0. The van der Waals surface area contributed by atoms with E-state index in [1.807, 2.05) is 0 Å². The molecule has 2 heteroatoms. The molecule has 8 rings (SSSR count). The molecule has 0 radical (unpaired) electrons. The van der Waals surface area contributed by atoms with Crippen molar-refractivity contribution in [1.82, 2.24) is 0 Å². The average Bonchev–Trinajstić information content (AvgIpc) is 2.84. The van der Waals surface area contributed by atoms with E-state index in [0.29, 0.717) is 0 Å². The Morgan fingerprint density at radius 2 is 0.778 bits per heavy atom. The predicted octanol–water partition coefficient (Wildman–Crippen LogP) is 7.99. The fraction of sp³-hybridized carbons (Fsp3) is 0.294. The van der Waals surface area contributed by atoms with E-state index in [4.69, 9.17) is 0 Å². The van der Waals surface area contributed by atoms with Gasteiger partial charge in [-0.3, -0.25) is 0 Å². The van der Waals surface area contributed by atoms with Gasteiger partial charge in [0, 0.05) is 0 Å². The minimum absolute atomic E-state index is 1.07. The summed E-state index contributed by atoms with van der Waals surface area (Å²) in [6, 6.07) is 33.4. The molecule has 4 aliphatic rings. The van der Waals surface area contributed by atoms with Gasteiger partial charge < -0.3 is 0 Å². The van der Waals surface area contributed by atoms with E-state index in [1.54, 1.807) is 0 Å². The summed E-state index contributed by atoms with van der Waals surface area (Å²) >= 11 is 0. The number of aryl methyl sites for hydroxylation is 4. The molecule has 4 aliphatic carbocycles. The van der Waals surface area contributed by atoms with Crippen LogP contribution in [0.25, 0.3) is 22.3 Å². The summed E-state index contributed by atoms with van der Waals surface area (Å²) in [5.74, 6) is 0. The Kier molecular flexibility index (Phi) is 6.69. The van der Waals surface area contributed by atoms with Crippen molar-refractivity contribution in [3.63, 3.8) is 0 Å². The zero-order valence-corrected chi connectivity index (χ0v) is 24.9. The van der Waals surface area contributed by atoms with Crippen molar-refractivity contribution in [3.05, 3.63) is 107 Å². The largest absolute Gasteiger partial charge is 0.0775 e. The predicted molar refractivity (Wildman–Crippen MR) is 165 cm³/mol. The Morgan fingerprint density at radius 3 is 1.11 bits per heavy atom. The summed E-state index contributed by atoms with van der Waals surface area (Å²) < 4.78 is 0. The molecule has 36 heavy (non-hydrogen) atoms. The van der Waals surface area contributed by atoms with Gasteiger partial charge in [0.15, 0.2) is 0 Å². The van der Waals surface area contributed by atoms with E-state index in [9.17, 15) is 0 Å². The molecule has 0 saturated heterocycles. The number of rotatable bonds is 4. The topological polar surface area (TPSA) is 0 Å². The van der Waals surface area contributed by atoms with E-state index in [2.05, 4.69) is 124 Å². The second-order valence-corrected chi connectivity index (χ2v) is 22.8. The fourth-order valence-corrected chi connectivity index (χ4v) is 7.72. The van der Waals surface area contributed by atoms with Crippen LogP contribution in [0.5, 0.6) is 0 Å². The fourth-order valence-electron chi connectivity index (χ4n) is 5.39. The summed E-state index contributed by atoms with van der Waals surface area (Å²) in [6.45, 7) is 14.5. The highest BCUT2D eigenvalue weighted by Gasteiger charge is 2.18. The van der Waals surface area contributed by atoms with Crippen LogP contribution in [0.4, 0.5) is 0 Å². The molecule has 0 spiro atoms. The Morgan fingerprint density at radius 1 is 0.417 bits per heavy atom. The molecule has 0 nitrogen and oxygen atoms in total. The van der Waals surface area contributed by atoms with Crippen LogP contribution in [0.15, 0.2) is 84.9 Å². The van der Waals surface area contributed by atoms with E-state index in [1.165, 1.54) is 54.9 Å². The lowest BCUT2D eigenvalue weighted by molar-refractivity contribution is 0.925. The van der Waals surface area contributed by atoms with Gasteiger partial charge in [0.1, 0.15) is 0 Å². The first-order valence-electron chi connectivity index (χ1n) is 13.5. The second-order valence-electron chi connectivity index (χ2n) is 12.6. The molecule has 0 fully saturated rings. The quantitative estimate of drug-likeness (QED) is 0.247. The maximum atomic E-state index is 2.47. The SMILES string of the molecule is C[Si](C)(C)c1ccc(-c2cc3ccc2CCc2ccc(c(-c4ccc([Si](C)(C)C)cc4)c2)CC3)cc1. The number of hydrogen-bond donors (Lipinski definition) is 0. The monoisotopic (exact) mass is 504 g/mol. The lowest BCUT2D eigenvalue weighted by Gasteiger charge is -2.20. The highest BCUT2D eigenvalue weighted by molar-refractivity contribution is 6.89. The molecule has 4 aromatic carbocycles. The van der Waals surface area contributed by atoms with Crippen LogP contribution in [-0.2, 0) is 25.7 Å². The van der Waals surface area contributed by atoms with E-state index >= 15 is 0 Å². The van der Waals surface area contributed by atoms with Crippen molar-refractivity contribution in [3.8, 4) is 22.3 Å². The Balaban J connectivity index is 1.48. The molecular weight excluding hydrogens is 465 g/mol. The molecule has 0 aromatic heterocycles. The van der Waals surface area contributed by atoms with Gasteiger partial charge in [0.25, 0.3) is 0 Å². The van der Waals surface area contributed by atoms with Gasteiger partial charge in [-0.1, -0.05) is 135 Å². The lowest BCUT2D eigenvalue weighted by Crippen LogP contribution is -2.37. The second kappa shape index (κ2) is 9.65. The number of hydrogen-bond acceptors (Lipinski definition) is 0. The first kappa shape index (κ1) is 25.0. The van der Waals surface area contributed by atoms with Gasteiger partial charge in [-0.15, -0.1) is 0 Å². The Hall–Kier alpha value is -2.69. The maximum Gasteiger partial charge on any atom is 0.0775 e. The van der Waals surface area contributed by atoms with Gasteiger partial charge in [-0.25, -0.2) is 0 Å². The summed E-state index contributed by atoms with van der Waals surface area (Å²) in [6.07, 6.45) is 4.27. The normalized spacial score (nSPS) is 13.9. The van der Waals surface area contributed by atoms with Crippen LogP contribution in [0, 0.1) is 0 Å². The first-order valence-corrected chi connectivity index (χ1v) is 20.5. The van der Waals surface area contributed by atoms with Gasteiger partial charge in [0.05, 0.1) is 16.1 Å². The minimum Gasteiger partial charge on any atom is -0.0656 e. The minimum atomic E-state index is -1.29. The lowest BCUT2D eigenvalue weighted by atomic mass is 9.88. The van der Waals surface area contributed by atoms with Gasteiger partial charge in [-0.05, 0) is 70.2 Å². The van der Waals surface area contributed by atoms with E-state index in [0.717, 1.165) is 25.7 Å². The molecule has 0 saturated carbocycles. The Labute approximate surface area is 220 Å². The zero-order valence-electron chi connectivity index (χ0n) is 22.9. The number of benzene rings is 4. The summed E-state index contributed by atoms with van der Waals surface area (Å²) in [7, 11) is -2.57. The maximum absolute atomic E-state index is 2.47. The molecule has 4 aromatic rings. The highest BCUT2D eigenvalue weighted by atomic mass is 28.3. The standard InChI is InChI=1S/C34H40Si2/c1-35(2,3)31-19-15-29(16-20-31)33-23-25-7-11-27(33)13-9-26-8-12-28(14-10-25)34(24-26)30-17-21-32(22-18-30)36(4,5)6/h7-8,11-12,15-24H,9-10,13-14H2,1-6H3. The van der Waals surface area contributed by atoms with Crippen LogP contribution in [0.1, 0.15) is 22.3 Å². The molecular formula is C34H40Si2. The summed E-state index contributed by atoms with van der Waals surface area (Å²) in [5, 5.41) is 3.06. The highest BCUT2D eigenvalue weighted by Crippen LogP contribution is 2.31. The molecule has 0 unspecified atom stereocenters. The third-order valence-electron chi connectivity index (χ3n) is 7.84. The van der Waals surface area contributed by atoms with Gasteiger partial charge in [-0.2, -0.15) is 0 Å². The van der Waals surface area contributed by atoms with Gasteiger partial charge in [0.2, 0.25) is 0 Å². The third kappa shape index (κ3) is 5.35. The van der Waals surface area contributed by atoms with Crippen molar-refractivity contribution in [2.24, 2.45) is 0 Å². The van der Waals surface area contributed by atoms with Crippen molar-refractivity contribution in [2.75, 3.05) is 0 Å². The summed E-state index contributed by atoms with van der Waals surface area (Å²) in [5.41, 5.74) is 11.4. The molecule has 0 atom stereocenters. The van der Waals surface area contributed by atoms with E-state index in [-0.39, 0.29) is 0 Å². The molecule has 0 N–H and O–H groups in total. The first-order chi connectivity index (χ1) is 17.1. The van der Waals surface area contributed by atoms with Gasteiger partial charge >= 0.3 is 0 Å². The van der Waals surface area contributed by atoms with Crippen molar-refractivity contribution in [1.29, 1.82) is 0 Å². The molecule has 0 aliphatic heterocycles. The molecule has 0 heterocycles. The third-order valence-corrected chi connectivity index (χ3v) is 12.0. The zero-order chi connectivity index (χ0) is 25.5.